The topological polar surface area (TPSA) is 106 Å². The molecule has 0 saturated carbocycles. The zero-order valence-corrected chi connectivity index (χ0v) is 20.5. The Morgan fingerprint density at radius 3 is 2.26 bits per heavy atom. The summed E-state index contributed by atoms with van der Waals surface area (Å²) < 4.78 is 10.5. The molecule has 0 fully saturated rings. The number of amides is 2. The number of nitrogens with one attached hydrogen (secondary N) is 2. The van der Waals surface area contributed by atoms with Gasteiger partial charge < -0.3 is 14.8 Å². The van der Waals surface area contributed by atoms with Crippen LogP contribution in [-0.2, 0) is 14.3 Å². The molecule has 2 rings (SSSR count). The molecule has 2 atom stereocenters. The van der Waals surface area contributed by atoms with E-state index in [2.05, 4.69) is 15.8 Å². The maximum absolute atomic E-state index is 12.7. The van der Waals surface area contributed by atoms with Crippen LogP contribution in [-0.4, -0.2) is 42.8 Å². The van der Waals surface area contributed by atoms with Gasteiger partial charge in [0.15, 0.2) is 6.10 Å². The quantitative estimate of drug-likeness (QED) is 0.283. The molecule has 0 bridgehead atoms. The van der Waals surface area contributed by atoms with Crippen LogP contribution in [0.3, 0.4) is 0 Å². The zero-order chi connectivity index (χ0) is 25.1. The Kier molecular flexibility index (Phi) is 10.5. The highest BCUT2D eigenvalue weighted by Gasteiger charge is 2.22. The molecule has 2 aromatic rings. The number of benzene rings is 2. The van der Waals surface area contributed by atoms with Gasteiger partial charge in [-0.25, -0.2) is 10.2 Å². The van der Waals surface area contributed by atoms with E-state index in [9.17, 15) is 14.4 Å². The minimum Gasteiger partial charge on any atom is -0.479 e. The van der Waals surface area contributed by atoms with E-state index in [0.717, 1.165) is 0 Å². The van der Waals surface area contributed by atoms with Crippen molar-refractivity contribution in [2.75, 3.05) is 6.61 Å². The minimum atomic E-state index is -0.750. The molecule has 34 heavy (non-hydrogen) atoms. The highest BCUT2D eigenvalue weighted by atomic mass is 35.5. The predicted molar refractivity (Wildman–Crippen MR) is 131 cm³/mol. The SMILES string of the molecule is CCOC(=O)C(C)Oc1ccc(/C=N/NC(=O)C(CC(C)C)NC(=O)c2ccc(Cl)cc2)cc1. The summed E-state index contributed by atoms with van der Waals surface area (Å²) in [4.78, 5) is 36.8. The second-order valence-electron chi connectivity index (χ2n) is 7.98. The molecule has 0 aliphatic rings. The van der Waals surface area contributed by atoms with Crippen LogP contribution in [0.5, 0.6) is 5.75 Å². The van der Waals surface area contributed by atoms with Gasteiger partial charge >= 0.3 is 5.97 Å². The van der Waals surface area contributed by atoms with Gasteiger partial charge in [-0.05, 0) is 80.3 Å². The molecular weight excluding hydrogens is 458 g/mol. The lowest BCUT2D eigenvalue weighted by Gasteiger charge is -2.19. The van der Waals surface area contributed by atoms with Gasteiger partial charge in [0.05, 0.1) is 12.8 Å². The third-order valence-electron chi connectivity index (χ3n) is 4.64. The highest BCUT2D eigenvalue weighted by molar-refractivity contribution is 6.30. The molecule has 2 aromatic carbocycles. The Hall–Kier alpha value is -3.39. The van der Waals surface area contributed by atoms with E-state index < -0.39 is 24.0 Å². The van der Waals surface area contributed by atoms with Gasteiger partial charge in [-0.2, -0.15) is 5.10 Å². The molecule has 2 amide bonds. The lowest BCUT2D eigenvalue weighted by Crippen LogP contribution is -2.46. The molecule has 0 aliphatic carbocycles. The van der Waals surface area contributed by atoms with Crippen molar-refractivity contribution in [3.05, 3.63) is 64.7 Å². The van der Waals surface area contributed by atoms with Crippen molar-refractivity contribution in [3.63, 3.8) is 0 Å². The number of esters is 1. The summed E-state index contributed by atoms with van der Waals surface area (Å²) in [7, 11) is 0. The normalized spacial score (nSPS) is 12.8. The molecule has 2 unspecified atom stereocenters. The Labute approximate surface area is 204 Å². The van der Waals surface area contributed by atoms with Crippen LogP contribution in [0.4, 0.5) is 0 Å². The molecule has 0 saturated heterocycles. The summed E-state index contributed by atoms with van der Waals surface area (Å²) in [5.41, 5.74) is 3.60. The lowest BCUT2D eigenvalue weighted by molar-refractivity contribution is -0.150. The van der Waals surface area contributed by atoms with Crippen molar-refractivity contribution in [1.29, 1.82) is 0 Å². The highest BCUT2D eigenvalue weighted by Crippen LogP contribution is 2.14. The van der Waals surface area contributed by atoms with Crippen LogP contribution in [0.2, 0.25) is 5.02 Å². The summed E-state index contributed by atoms with van der Waals surface area (Å²) in [6.45, 7) is 7.56. The summed E-state index contributed by atoms with van der Waals surface area (Å²) in [6.07, 6.45) is 1.20. The lowest BCUT2D eigenvalue weighted by atomic mass is 10.0. The van der Waals surface area contributed by atoms with Crippen LogP contribution < -0.4 is 15.5 Å². The van der Waals surface area contributed by atoms with Gasteiger partial charge in [0.1, 0.15) is 11.8 Å². The first kappa shape index (κ1) is 26.9. The third kappa shape index (κ3) is 8.86. The molecule has 0 aliphatic heterocycles. The monoisotopic (exact) mass is 487 g/mol. The summed E-state index contributed by atoms with van der Waals surface area (Å²) >= 11 is 5.87. The molecule has 8 nitrogen and oxygen atoms in total. The van der Waals surface area contributed by atoms with Crippen LogP contribution in [0.15, 0.2) is 53.6 Å². The van der Waals surface area contributed by atoms with Crippen molar-refractivity contribution in [1.82, 2.24) is 10.7 Å². The van der Waals surface area contributed by atoms with Crippen LogP contribution in [0.25, 0.3) is 0 Å². The fourth-order valence-electron chi connectivity index (χ4n) is 2.94. The summed E-state index contributed by atoms with van der Waals surface area (Å²) in [6, 6.07) is 12.5. The van der Waals surface area contributed by atoms with Gasteiger partial charge in [0.2, 0.25) is 0 Å². The number of rotatable bonds is 11. The Morgan fingerprint density at radius 2 is 1.68 bits per heavy atom. The standard InChI is InChI=1S/C25H30ClN3O5/c1-5-33-25(32)17(4)34-21-12-6-18(7-13-21)15-27-29-24(31)22(14-16(2)3)28-23(30)19-8-10-20(26)11-9-19/h6-13,15-17,22H,5,14H2,1-4H3,(H,28,30)(H,29,31)/b27-15+. The number of ether oxygens (including phenoxy) is 2. The molecule has 9 heteroatoms. The van der Waals surface area contributed by atoms with Crippen molar-refractivity contribution in [2.24, 2.45) is 11.0 Å². The fourth-order valence-corrected chi connectivity index (χ4v) is 3.06. The molecule has 0 radical (unpaired) electrons. The molecule has 0 heterocycles. The Balaban J connectivity index is 1.95. The largest absolute Gasteiger partial charge is 0.479 e. The second kappa shape index (κ2) is 13.3. The van der Waals surface area contributed by atoms with Gasteiger partial charge in [0, 0.05) is 10.6 Å². The van der Waals surface area contributed by atoms with Crippen LogP contribution in [0.1, 0.15) is 50.0 Å². The van der Waals surface area contributed by atoms with E-state index in [0.29, 0.717) is 28.3 Å². The van der Waals surface area contributed by atoms with Crippen molar-refractivity contribution >= 4 is 35.6 Å². The number of carbonyl (C=O) groups is 3. The van der Waals surface area contributed by atoms with E-state index in [4.69, 9.17) is 21.1 Å². The van der Waals surface area contributed by atoms with Gasteiger partial charge in [-0.3, -0.25) is 9.59 Å². The number of hydrogen-bond donors (Lipinski definition) is 2. The van der Waals surface area contributed by atoms with Gasteiger partial charge in [-0.1, -0.05) is 25.4 Å². The van der Waals surface area contributed by atoms with E-state index in [-0.39, 0.29) is 18.4 Å². The maximum Gasteiger partial charge on any atom is 0.347 e. The van der Waals surface area contributed by atoms with E-state index >= 15 is 0 Å². The number of carbonyl (C=O) groups excluding carboxylic acids is 3. The Morgan fingerprint density at radius 1 is 1.03 bits per heavy atom. The third-order valence-corrected chi connectivity index (χ3v) is 4.89. The summed E-state index contributed by atoms with van der Waals surface area (Å²) in [5.74, 6) is -0.544. The van der Waals surface area contributed by atoms with Crippen molar-refractivity contribution in [3.8, 4) is 5.75 Å². The number of halogens is 1. The average molecular weight is 488 g/mol. The predicted octanol–water partition coefficient (Wildman–Crippen LogP) is 3.97. The summed E-state index contributed by atoms with van der Waals surface area (Å²) in [5, 5.41) is 7.27. The second-order valence-corrected chi connectivity index (χ2v) is 8.41. The first-order valence-electron chi connectivity index (χ1n) is 11.0. The fraction of sp³-hybridized carbons (Fsp3) is 0.360. The number of nitrogens with zero attached hydrogens (tertiary/aromatic N) is 1. The molecular formula is C25H30ClN3O5. The van der Waals surface area contributed by atoms with Gasteiger partial charge in [0.25, 0.3) is 11.8 Å². The molecule has 2 N–H and O–H groups in total. The van der Waals surface area contributed by atoms with Gasteiger partial charge in [-0.15, -0.1) is 0 Å². The van der Waals surface area contributed by atoms with Crippen LogP contribution in [0, 0.1) is 5.92 Å². The minimum absolute atomic E-state index is 0.176. The Bertz CT molecular complexity index is 991. The molecule has 0 aromatic heterocycles. The first-order chi connectivity index (χ1) is 16.2. The van der Waals surface area contributed by atoms with E-state index in [1.165, 1.54) is 6.21 Å². The molecule has 0 spiro atoms. The maximum atomic E-state index is 12.7. The van der Waals surface area contributed by atoms with Crippen molar-refractivity contribution < 1.29 is 23.9 Å². The molecule has 182 valence electrons. The van der Waals surface area contributed by atoms with E-state index in [1.54, 1.807) is 62.4 Å². The van der Waals surface area contributed by atoms with Crippen LogP contribution >= 0.6 is 11.6 Å². The smallest absolute Gasteiger partial charge is 0.347 e. The number of hydrogen-bond acceptors (Lipinski definition) is 6. The van der Waals surface area contributed by atoms with E-state index in [1.807, 2.05) is 13.8 Å². The van der Waals surface area contributed by atoms with Crippen molar-refractivity contribution in [2.45, 2.75) is 46.3 Å². The zero-order valence-electron chi connectivity index (χ0n) is 19.7. The number of hydrazone groups is 1. The first-order valence-corrected chi connectivity index (χ1v) is 11.4. The average Bonchev–Trinajstić information content (AvgIpc) is 2.80.